The normalized spacial score (nSPS) is 14.2. The number of ether oxygens (including phenoxy) is 1. The molecule has 0 aliphatic heterocycles. The Balaban J connectivity index is 1.79. The zero-order chi connectivity index (χ0) is 15.0. The van der Waals surface area contributed by atoms with Gasteiger partial charge in [-0.3, -0.25) is 4.79 Å². The first-order valence-corrected chi connectivity index (χ1v) is 7.26. The van der Waals surface area contributed by atoms with Gasteiger partial charge in [0.2, 0.25) is 5.89 Å². The van der Waals surface area contributed by atoms with E-state index in [0.29, 0.717) is 28.3 Å². The Labute approximate surface area is 131 Å². The fourth-order valence-corrected chi connectivity index (χ4v) is 2.27. The van der Waals surface area contributed by atoms with Gasteiger partial charge >= 0.3 is 0 Å². The lowest BCUT2D eigenvalue weighted by molar-refractivity contribution is 0.101. The van der Waals surface area contributed by atoms with E-state index in [1.807, 2.05) is 0 Å². The summed E-state index contributed by atoms with van der Waals surface area (Å²) in [6, 6.07) is 3.14. The van der Waals surface area contributed by atoms with Gasteiger partial charge in [0, 0.05) is 5.92 Å². The molecule has 2 aromatic rings. The van der Waals surface area contributed by atoms with Crippen molar-refractivity contribution in [1.29, 1.82) is 0 Å². The Hall–Kier alpha value is -1.59. The number of nitrogens with zero attached hydrogens (tertiary/aromatic N) is 2. The van der Waals surface area contributed by atoms with Crippen LogP contribution in [0.1, 0.15) is 47.8 Å². The molecule has 1 aromatic carbocycles. The van der Waals surface area contributed by atoms with E-state index in [1.54, 1.807) is 12.1 Å². The highest BCUT2D eigenvalue weighted by Crippen LogP contribution is 2.39. The molecule has 1 aliphatic rings. The molecule has 0 saturated heterocycles. The molecule has 0 unspecified atom stereocenters. The molecule has 1 fully saturated rings. The molecular weight excluding hydrogens is 315 g/mol. The van der Waals surface area contributed by atoms with Crippen LogP contribution in [0.15, 0.2) is 16.5 Å². The lowest BCUT2D eigenvalue weighted by Gasteiger charge is -2.11. The van der Waals surface area contributed by atoms with Gasteiger partial charge in [0.1, 0.15) is 5.02 Å². The minimum Gasteiger partial charge on any atom is -0.481 e. The Morgan fingerprint density at radius 1 is 1.38 bits per heavy atom. The Morgan fingerprint density at radius 2 is 2.14 bits per heavy atom. The van der Waals surface area contributed by atoms with Gasteiger partial charge in [-0.05, 0) is 31.9 Å². The fraction of sp³-hybridized carbons (Fsp3) is 0.357. The average molecular weight is 327 g/mol. The van der Waals surface area contributed by atoms with Crippen LogP contribution in [0.4, 0.5) is 0 Å². The molecule has 21 heavy (non-hydrogen) atoms. The van der Waals surface area contributed by atoms with Gasteiger partial charge in [-0.1, -0.05) is 23.2 Å². The molecule has 0 amide bonds. The van der Waals surface area contributed by atoms with Crippen molar-refractivity contribution < 1.29 is 13.9 Å². The Kier molecular flexibility index (Phi) is 3.87. The zero-order valence-electron chi connectivity index (χ0n) is 11.2. The third kappa shape index (κ3) is 3.04. The summed E-state index contributed by atoms with van der Waals surface area (Å²) in [5, 5.41) is 8.40. The van der Waals surface area contributed by atoms with E-state index in [9.17, 15) is 4.79 Å². The van der Waals surface area contributed by atoms with Crippen molar-refractivity contribution in [1.82, 2.24) is 10.2 Å². The topological polar surface area (TPSA) is 65.2 Å². The number of aromatic nitrogens is 2. The minimum absolute atomic E-state index is 0.0417. The number of carbonyl (C=O) groups is 1. The molecule has 3 rings (SSSR count). The molecule has 0 radical (unpaired) electrons. The van der Waals surface area contributed by atoms with Crippen molar-refractivity contribution >= 4 is 29.0 Å². The highest BCUT2D eigenvalue weighted by molar-refractivity contribution is 6.43. The third-order valence-corrected chi connectivity index (χ3v) is 3.97. The molecule has 0 bridgehead atoms. The number of hydrogen-bond acceptors (Lipinski definition) is 5. The van der Waals surface area contributed by atoms with Crippen molar-refractivity contribution in [2.45, 2.75) is 32.3 Å². The van der Waals surface area contributed by atoms with Crippen molar-refractivity contribution in [3.8, 4) is 5.75 Å². The maximum atomic E-state index is 11.6. The smallest absolute Gasteiger partial charge is 0.253 e. The maximum absolute atomic E-state index is 11.6. The molecule has 1 aromatic heterocycles. The SMILES string of the molecule is CC(=O)c1ccc(Cl)c(Cl)c1OCc1nnc(C2CC2)o1. The van der Waals surface area contributed by atoms with E-state index in [2.05, 4.69) is 10.2 Å². The first kappa shape index (κ1) is 14.4. The molecule has 0 spiro atoms. The first-order valence-electron chi connectivity index (χ1n) is 6.50. The monoisotopic (exact) mass is 326 g/mol. The van der Waals surface area contributed by atoms with Gasteiger partial charge in [-0.25, -0.2) is 0 Å². The molecule has 1 saturated carbocycles. The van der Waals surface area contributed by atoms with Gasteiger partial charge in [0.25, 0.3) is 5.89 Å². The number of halogens is 2. The van der Waals surface area contributed by atoms with E-state index in [-0.39, 0.29) is 23.2 Å². The summed E-state index contributed by atoms with van der Waals surface area (Å²) in [4.78, 5) is 11.6. The number of carbonyl (C=O) groups excluding carboxylic acids is 1. The van der Waals surface area contributed by atoms with Crippen LogP contribution in [-0.2, 0) is 6.61 Å². The largest absolute Gasteiger partial charge is 0.481 e. The summed E-state index contributed by atoms with van der Waals surface area (Å²) in [6.07, 6.45) is 2.16. The molecule has 0 N–H and O–H groups in total. The molecule has 1 aliphatic carbocycles. The second-order valence-electron chi connectivity index (χ2n) is 4.89. The molecule has 5 nitrogen and oxygen atoms in total. The number of benzene rings is 1. The standard InChI is InChI=1S/C14H12Cl2N2O3/c1-7(19)9-4-5-10(15)12(16)13(9)20-6-11-17-18-14(21-11)8-2-3-8/h4-5,8H,2-3,6H2,1H3. The first-order chi connectivity index (χ1) is 10.1. The summed E-state index contributed by atoms with van der Waals surface area (Å²) in [5.41, 5.74) is 0.367. The van der Waals surface area contributed by atoms with Crippen LogP contribution in [-0.4, -0.2) is 16.0 Å². The van der Waals surface area contributed by atoms with Crippen molar-refractivity contribution in [3.05, 3.63) is 39.5 Å². The molecule has 110 valence electrons. The second kappa shape index (κ2) is 5.66. The van der Waals surface area contributed by atoms with Crippen LogP contribution in [0.2, 0.25) is 10.0 Å². The van der Waals surface area contributed by atoms with Crippen LogP contribution in [0.3, 0.4) is 0 Å². The van der Waals surface area contributed by atoms with Crippen LogP contribution >= 0.6 is 23.2 Å². The van der Waals surface area contributed by atoms with Crippen LogP contribution < -0.4 is 4.74 Å². The van der Waals surface area contributed by atoms with Gasteiger partial charge < -0.3 is 9.15 Å². The highest BCUT2D eigenvalue weighted by atomic mass is 35.5. The summed E-state index contributed by atoms with van der Waals surface area (Å²) in [5.74, 6) is 1.45. The summed E-state index contributed by atoms with van der Waals surface area (Å²) in [7, 11) is 0. The number of ketones is 1. The molecule has 0 atom stereocenters. The summed E-state index contributed by atoms with van der Waals surface area (Å²) < 4.78 is 11.1. The quantitative estimate of drug-likeness (QED) is 0.776. The van der Waals surface area contributed by atoms with Crippen LogP contribution in [0, 0.1) is 0 Å². The minimum atomic E-state index is -0.159. The second-order valence-corrected chi connectivity index (χ2v) is 5.68. The predicted octanol–water partition coefficient (Wildman–Crippen LogP) is 4.04. The Morgan fingerprint density at radius 3 is 2.81 bits per heavy atom. The summed E-state index contributed by atoms with van der Waals surface area (Å²) in [6.45, 7) is 1.48. The lowest BCUT2D eigenvalue weighted by atomic mass is 10.1. The van der Waals surface area contributed by atoms with Crippen molar-refractivity contribution in [2.24, 2.45) is 0 Å². The van der Waals surface area contributed by atoms with E-state index in [4.69, 9.17) is 32.4 Å². The van der Waals surface area contributed by atoms with Crippen molar-refractivity contribution in [3.63, 3.8) is 0 Å². The maximum Gasteiger partial charge on any atom is 0.253 e. The van der Waals surface area contributed by atoms with Crippen LogP contribution in [0.25, 0.3) is 0 Å². The van der Waals surface area contributed by atoms with Gasteiger partial charge in [0.15, 0.2) is 18.1 Å². The van der Waals surface area contributed by atoms with Crippen molar-refractivity contribution in [2.75, 3.05) is 0 Å². The van der Waals surface area contributed by atoms with Crippen LogP contribution in [0.5, 0.6) is 5.75 Å². The van der Waals surface area contributed by atoms with E-state index < -0.39 is 0 Å². The van der Waals surface area contributed by atoms with Gasteiger partial charge in [0.05, 0.1) is 10.6 Å². The highest BCUT2D eigenvalue weighted by Gasteiger charge is 2.29. The lowest BCUT2D eigenvalue weighted by Crippen LogP contribution is -2.03. The number of hydrogen-bond donors (Lipinski definition) is 0. The number of rotatable bonds is 5. The third-order valence-electron chi connectivity index (χ3n) is 3.18. The molecule has 7 heteroatoms. The molecular formula is C14H12Cl2N2O3. The van der Waals surface area contributed by atoms with E-state index in [1.165, 1.54) is 6.92 Å². The zero-order valence-corrected chi connectivity index (χ0v) is 12.7. The predicted molar refractivity (Wildman–Crippen MR) is 77.1 cm³/mol. The van der Waals surface area contributed by atoms with Gasteiger partial charge in [-0.15, -0.1) is 10.2 Å². The van der Waals surface area contributed by atoms with E-state index >= 15 is 0 Å². The molecule has 1 heterocycles. The van der Waals surface area contributed by atoms with E-state index in [0.717, 1.165) is 12.8 Å². The summed E-state index contributed by atoms with van der Waals surface area (Å²) >= 11 is 12.1. The number of Topliss-reactive ketones (excluding diaryl/α,β-unsaturated/α-hetero) is 1. The van der Waals surface area contributed by atoms with Gasteiger partial charge in [-0.2, -0.15) is 0 Å². The fourth-order valence-electron chi connectivity index (χ4n) is 1.90. The average Bonchev–Trinajstić information content (AvgIpc) is 3.19. The Bertz CT molecular complexity index is 696.